The van der Waals surface area contributed by atoms with Gasteiger partial charge < -0.3 is 10.6 Å². The average Bonchev–Trinajstić information content (AvgIpc) is 2.79. The number of nitrogens with zero attached hydrogens (tertiary/aromatic N) is 2. The fourth-order valence-corrected chi connectivity index (χ4v) is 3.25. The molecule has 2 heterocycles. The zero-order chi connectivity index (χ0) is 13.2. The van der Waals surface area contributed by atoms with Crippen LogP contribution in [-0.2, 0) is 4.79 Å². The molecule has 1 aliphatic heterocycles. The van der Waals surface area contributed by atoms with Crippen molar-refractivity contribution in [3.63, 3.8) is 0 Å². The van der Waals surface area contributed by atoms with Gasteiger partial charge in [-0.05, 0) is 47.4 Å². The zero-order valence-corrected chi connectivity index (χ0v) is 12.0. The van der Waals surface area contributed by atoms with Crippen LogP contribution in [0.3, 0.4) is 0 Å². The van der Waals surface area contributed by atoms with Crippen molar-refractivity contribution in [3.8, 4) is 0 Å². The summed E-state index contributed by atoms with van der Waals surface area (Å²) >= 11 is 3.63. The van der Waals surface area contributed by atoms with E-state index in [0.29, 0.717) is 12.5 Å². The standard InChI is InChI=1S/C13H15BrN4O/c14-13-10-4-1-5-11(16-8-19)12(10)17-18(13)9-3-2-6-15-7-9/h1,4-5,8-9,15H,2-3,6-7H2,(H,16,19). The highest BCUT2D eigenvalue weighted by molar-refractivity contribution is 9.10. The molecule has 1 atom stereocenters. The zero-order valence-electron chi connectivity index (χ0n) is 10.4. The molecule has 3 rings (SSSR count). The summed E-state index contributed by atoms with van der Waals surface area (Å²) in [5.41, 5.74) is 1.57. The van der Waals surface area contributed by atoms with Crippen molar-refractivity contribution in [1.82, 2.24) is 15.1 Å². The Morgan fingerprint density at radius 2 is 2.42 bits per heavy atom. The molecule has 1 aromatic heterocycles. The highest BCUT2D eigenvalue weighted by atomic mass is 79.9. The summed E-state index contributed by atoms with van der Waals surface area (Å²) < 4.78 is 3.00. The summed E-state index contributed by atoms with van der Waals surface area (Å²) in [6, 6.07) is 6.15. The third-order valence-electron chi connectivity index (χ3n) is 3.50. The van der Waals surface area contributed by atoms with Crippen LogP contribution in [-0.4, -0.2) is 29.3 Å². The van der Waals surface area contributed by atoms with Crippen LogP contribution in [0.2, 0.25) is 0 Å². The van der Waals surface area contributed by atoms with E-state index in [1.165, 1.54) is 0 Å². The highest BCUT2D eigenvalue weighted by Gasteiger charge is 2.20. The number of nitrogens with one attached hydrogen (secondary N) is 2. The van der Waals surface area contributed by atoms with E-state index in [9.17, 15) is 4.79 Å². The lowest BCUT2D eigenvalue weighted by Gasteiger charge is -2.23. The Kier molecular flexibility index (Phi) is 3.52. The van der Waals surface area contributed by atoms with Gasteiger partial charge in [0.2, 0.25) is 6.41 Å². The Morgan fingerprint density at radius 3 is 3.16 bits per heavy atom. The second kappa shape index (κ2) is 5.30. The lowest BCUT2D eigenvalue weighted by atomic mass is 10.1. The number of halogens is 1. The van der Waals surface area contributed by atoms with Gasteiger partial charge in [-0.1, -0.05) is 6.07 Å². The number of anilines is 1. The number of fused-ring (bicyclic) bond motifs is 1. The van der Waals surface area contributed by atoms with Gasteiger partial charge in [-0.2, -0.15) is 5.10 Å². The molecule has 0 bridgehead atoms. The summed E-state index contributed by atoms with van der Waals surface area (Å²) in [5.74, 6) is 0. The van der Waals surface area contributed by atoms with E-state index in [2.05, 4.69) is 31.7 Å². The van der Waals surface area contributed by atoms with Crippen LogP contribution < -0.4 is 10.6 Å². The molecule has 100 valence electrons. The van der Waals surface area contributed by atoms with Crippen LogP contribution in [0.5, 0.6) is 0 Å². The molecule has 2 aromatic rings. The molecule has 1 aromatic carbocycles. The molecule has 1 unspecified atom stereocenters. The van der Waals surface area contributed by atoms with Crippen LogP contribution in [0.15, 0.2) is 22.8 Å². The minimum absolute atomic E-state index is 0.361. The molecular formula is C13H15BrN4O. The second-order valence-corrected chi connectivity index (χ2v) is 5.45. The minimum atomic E-state index is 0.361. The predicted molar refractivity (Wildman–Crippen MR) is 78.3 cm³/mol. The maximum absolute atomic E-state index is 10.6. The second-order valence-electron chi connectivity index (χ2n) is 4.70. The van der Waals surface area contributed by atoms with Gasteiger partial charge in [-0.25, -0.2) is 0 Å². The van der Waals surface area contributed by atoms with Gasteiger partial charge in [0.05, 0.1) is 11.7 Å². The number of benzene rings is 1. The van der Waals surface area contributed by atoms with Gasteiger partial charge in [0.25, 0.3) is 0 Å². The van der Waals surface area contributed by atoms with Crippen molar-refractivity contribution in [3.05, 3.63) is 22.8 Å². The molecule has 19 heavy (non-hydrogen) atoms. The first kappa shape index (κ1) is 12.6. The maximum Gasteiger partial charge on any atom is 0.211 e. The Hall–Kier alpha value is -1.40. The van der Waals surface area contributed by atoms with Gasteiger partial charge >= 0.3 is 0 Å². The summed E-state index contributed by atoms with van der Waals surface area (Å²) in [6.07, 6.45) is 2.96. The number of aromatic nitrogens is 2. The van der Waals surface area contributed by atoms with E-state index < -0.39 is 0 Å². The minimum Gasteiger partial charge on any atom is -0.327 e. The number of carbonyl (C=O) groups is 1. The van der Waals surface area contributed by atoms with Gasteiger partial charge in [0, 0.05) is 11.9 Å². The Morgan fingerprint density at radius 1 is 1.53 bits per heavy atom. The van der Waals surface area contributed by atoms with Crippen molar-refractivity contribution in [2.24, 2.45) is 0 Å². The first-order valence-corrected chi connectivity index (χ1v) is 7.18. The van der Waals surface area contributed by atoms with E-state index in [1.54, 1.807) is 0 Å². The van der Waals surface area contributed by atoms with Crippen molar-refractivity contribution < 1.29 is 4.79 Å². The Bertz CT molecular complexity index is 604. The topological polar surface area (TPSA) is 59.0 Å². The molecule has 0 spiro atoms. The smallest absolute Gasteiger partial charge is 0.211 e. The van der Waals surface area contributed by atoms with E-state index in [-0.39, 0.29) is 0 Å². The van der Waals surface area contributed by atoms with E-state index in [1.807, 2.05) is 22.9 Å². The van der Waals surface area contributed by atoms with E-state index in [4.69, 9.17) is 0 Å². The molecule has 5 nitrogen and oxygen atoms in total. The van der Waals surface area contributed by atoms with Crippen LogP contribution in [0.4, 0.5) is 5.69 Å². The fraction of sp³-hybridized carbons (Fsp3) is 0.385. The van der Waals surface area contributed by atoms with Crippen molar-refractivity contribution in [2.45, 2.75) is 18.9 Å². The van der Waals surface area contributed by atoms with Gasteiger partial charge in [-0.3, -0.25) is 9.48 Å². The molecule has 0 saturated carbocycles. The summed E-state index contributed by atoms with van der Waals surface area (Å²) in [6.45, 7) is 2.01. The van der Waals surface area contributed by atoms with Gasteiger partial charge in [0.1, 0.15) is 10.1 Å². The number of amides is 1. The third-order valence-corrected chi connectivity index (χ3v) is 4.29. The first-order chi connectivity index (χ1) is 9.31. The third kappa shape index (κ3) is 2.26. The SMILES string of the molecule is O=CNc1cccc2c(Br)n(C3CCCNC3)nc12. The molecule has 1 aliphatic rings. The lowest BCUT2D eigenvalue weighted by Crippen LogP contribution is -2.32. The van der Waals surface area contributed by atoms with E-state index >= 15 is 0 Å². The maximum atomic E-state index is 10.6. The number of piperidine rings is 1. The van der Waals surface area contributed by atoms with E-state index in [0.717, 1.165) is 47.1 Å². The van der Waals surface area contributed by atoms with Crippen LogP contribution >= 0.6 is 15.9 Å². The number of carbonyl (C=O) groups excluding carboxylic acids is 1. The van der Waals surface area contributed by atoms with Crippen molar-refractivity contribution in [1.29, 1.82) is 0 Å². The Labute approximate surface area is 119 Å². The molecular weight excluding hydrogens is 308 g/mol. The Balaban J connectivity index is 2.08. The molecule has 1 saturated heterocycles. The normalized spacial score (nSPS) is 19.5. The molecule has 2 N–H and O–H groups in total. The monoisotopic (exact) mass is 322 g/mol. The van der Waals surface area contributed by atoms with Gasteiger partial charge in [0.15, 0.2) is 0 Å². The highest BCUT2D eigenvalue weighted by Crippen LogP contribution is 2.32. The number of rotatable bonds is 3. The summed E-state index contributed by atoms with van der Waals surface area (Å²) in [7, 11) is 0. The summed E-state index contributed by atoms with van der Waals surface area (Å²) in [4.78, 5) is 10.6. The van der Waals surface area contributed by atoms with Crippen LogP contribution in [0.25, 0.3) is 10.9 Å². The van der Waals surface area contributed by atoms with Crippen LogP contribution in [0.1, 0.15) is 18.9 Å². The average molecular weight is 323 g/mol. The lowest BCUT2D eigenvalue weighted by molar-refractivity contribution is -0.105. The number of hydrogen-bond acceptors (Lipinski definition) is 3. The number of hydrogen-bond donors (Lipinski definition) is 2. The molecule has 6 heteroatoms. The van der Waals surface area contributed by atoms with Crippen molar-refractivity contribution in [2.75, 3.05) is 18.4 Å². The van der Waals surface area contributed by atoms with Crippen molar-refractivity contribution >= 4 is 38.9 Å². The molecule has 0 aliphatic carbocycles. The molecule has 0 radical (unpaired) electrons. The largest absolute Gasteiger partial charge is 0.327 e. The quantitative estimate of drug-likeness (QED) is 0.852. The molecule has 1 amide bonds. The van der Waals surface area contributed by atoms with Gasteiger partial charge in [-0.15, -0.1) is 0 Å². The molecule has 1 fully saturated rings. The summed E-state index contributed by atoms with van der Waals surface area (Å²) in [5, 5.41) is 11.8. The van der Waals surface area contributed by atoms with Crippen LogP contribution in [0, 0.1) is 0 Å². The predicted octanol–water partition coefficient (Wildman–Crippen LogP) is 2.29. The first-order valence-electron chi connectivity index (χ1n) is 6.39. The fourth-order valence-electron chi connectivity index (χ4n) is 2.56.